The van der Waals surface area contributed by atoms with Crippen molar-refractivity contribution in [2.75, 3.05) is 21.1 Å². The fraction of sp³-hybridized carbons (Fsp3) is 0.423. The molecule has 0 radical (unpaired) electrons. The van der Waals surface area contributed by atoms with Crippen molar-refractivity contribution in [1.29, 1.82) is 0 Å². The third kappa shape index (κ3) is 3.05. The van der Waals surface area contributed by atoms with Crippen molar-refractivity contribution in [3.8, 4) is 0 Å². The minimum Gasteiger partial charge on any atom is -0.356 e. The molecule has 0 atom stereocenters. The number of carbonyl (C=O) groups is 1. The van der Waals surface area contributed by atoms with Crippen LogP contribution in [0.15, 0.2) is 54.6 Å². The van der Waals surface area contributed by atoms with Crippen LogP contribution in [-0.4, -0.2) is 41.8 Å². The molecule has 0 saturated heterocycles. The van der Waals surface area contributed by atoms with Gasteiger partial charge in [-0.15, -0.1) is 0 Å². The molecule has 4 rings (SSSR count). The predicted molar refractivity (Wildman–Crippen MR) is 123 cm³/mol. The Labute approximate surface area is 179 Å². The Morgan fingerprint density at radius 1 is 0.867 bits per heavy atom. The number of rotatable bonds is 4. The largest absolute Gasteiger partial charge is 0.356 e. The maximum atomic E-state index is 12.6. The van der Waals surface area contributed by atoms with Gasteiger partial charge in [0.05, 0.1) is 5.54 Å². The van der Waals surface area contributed by atoms with Gasteiger partial charge in [0.1, 0.15) is 0 Å². The highest BCUT2D eigenvalue weighted by molar-refractivity contribution is 5.85. The molecule has 1 amide bonds. The van der Waals surface area contributed by atoms with Crippen LogP contribution in [-0.2, 0) is 15.9 Å². The number of benzene rings is 2. The van der Waals surface area contributed by atoms with Gasteiger partial charge in [-0.2, -0.15) is 0 Å². The predicted octanol–water partition coefficient (Wildman–Crippen LogP) is 5.18. The molecule has 158 valence electrons. The average Bonchev–Trinajstić information content (AvgIpc) is 3.11. The summed E-state index contributed by atoms with van der Waals surface area (Å²) in [5.74, 6) is 0.116. The van der Waals surface area contributed by atoms with Crippen molar-refractivity contribution in [2.45, 2.75) is 50.6 Å². The molecule has 1 aliphatic rings. The Morgan fingerprint density at radius 2 is 1.43 bits per heavy atom. The van der Waals surface area contributed by atoms with Gasteiger partial charge in [0.25, 0.3) is 0 Å². The molecule has 0 spiro atoms. The monoisotopic (exact) mass is 403 g/mol. The number of amides is 1. The van der Waals surface area contributed by atoms with E-state index in [0.717, 1.165) is 31.2 Å². The number of hydrogen-bond donors (Lipinski definition) is 1. The number of carbonyl (C=O) groups excluding carboxylic acids is 1. The van der Waals surface area contributed by atoms with Crippen molar-refractivity contribution < 1.29 is 4.79 Å². The number of para-hydroxylation sites is 1. The van der Waals surface area contributed by atoms with Crippen LogP contribution < -0.4 is 0 Å². The Hall–Kier alpha value is -2.59. The zero-order valence-corrected chi connectivity index (χ0v) is 18.8. The highest BCUT2D eigenvalue weighted by Gasteiger charge is 2.49. The third-order valence-corrected chi connectivity index (χ3v) is 7.62. The van der Waals surface area contributed by atoms with E-state index in [2.05, 4.69) is 85.5 Å². The van der Waals surface area contributed by atoms with E-state index in [1.165, 1.54) is 22.2 Å². The molecule has 30 heavy (non-hydrogen) atoms. The van der Waals surface area contributed by atoms with Crippen molar-refractivity contribution in [3.63, 3.8) is 0 Å². The van der Waals surface area contributed by atoms with Crippen LogP contribution in [0.2, 0.25) is 0 Å². The maximum Gasteiger partial charge on any atom is 0.219 e. The number of nitrogens with zero attached hydrogens (tertiary/aromatic N) is 2. The summed E-state index contributed by atoms with van der Waals surface area (Å²) in [6, 6.07) is 19.3. The van der Waals surface area contributed by atoms with Crippen LogP contribution in [0.4, 0.5) is 0 Å². The molecule has 1 aliphatic carbocycles. The number of aryl methyl sites for hydroxylation is 1. The fourth-order valence-corrected chi connectivity index (χ4v) is 5.62. The molecule has 0 aliphatic heterocycles. The molecule has 1 saturated carbocycles. The van der Waals surface area contributed by atoms with Crippen LogP contribution in [0.25, 0.3) is 10.9 Å². The van der Waals surface area contributed by atoms with E-state index < -0.39 is 0 Å². The molecule has 0 bridgehead atoms. The van der Waals surface area contributed by atoms with E-state index in [0.29, 0.717) is 0 Å². The van der Waals surface area contributed by atoms with Gasteiger partial charge in [-0.3, -0.25) is 9.69 Å². The van der Waals surface area contributed by atoms with E-state index in [-0.39, 0.29) is 17.0 Å². The van der Waals surface area contributed by atoms with Gasteiger partial charge in [0, 0.05) is 36.1 Å². The van der Waals surface area contributed by atoms with Gasteiger partial charge < -0.3 is 9.88 Å². The average molecular weight is 404 g/mol. The molecule has 1 heterocycles. The second-order valence-electron chi connectivity index (χ2n) is 9.07. The Bertz CT molecular complexity index is 1040. The molecule has 1 fully saturated rings. The van der Waals surface area contributed by atoms with Crippen LogP contribution in [0, 0.1) is 6.92 Å². The van der Waals surface area contributed by atoms with E-state index in [4.69, 9.17) is 0 Å². The molecule has 3 aromatic rings. The van der Waals surface area contributed by atoms with Crippen LogP contribution >= 0.6 is 0 Å². The van der Waals surface area contributed by atoms with Crippen molar-refractivity contribution in [1.82, 2.24) is 14.8 Å². The first kappa shape index (κ1) is 20.7. The molecule has 4 heteroatoms. The summed E-state index contributed by atoms with van der Waals surface area (Å²) in [4.78, 5) is 20.7. The highest BCUT2D eigenvalue weighted by Crippen LogP contribution is 2.51. The number of hydrogen-bond acceptors (Lipinski definition) is 2. The zero-order valence-electron chi connectivity index (χ0n) is 18.8. The third-order valence-electron chi connectivity index (χ3n) is 7.62. The standard InChI is InChI=1S/C26H33N3O/c1-19-22-13-9-10-14-23(22)27-24(19)26(29(5)20(2)30)17-15-25(16-18-26,28(3)4)21-11-7-6-8-12-21/h6-14,27H,15-18H2,1-5H3. The van der Waals surface area contributed by atoms with Gasteiger partial charge in [0.2, 0.25) is 5.91 Å². The fourth-order valence-electron chi connectivity index (χ4n) is 5.62. The molecule has 1 aromatic heterocycles. The maximum absolute atomic E-state index is 12.6. The number of nitrogens with one attached hydrogen (secondary N) is 1. The molecule has 0 unspecified atom stereocenters. The van der Waals surface area contributed by atoms with Crippen molar-refractivity contribution in [3.05, 3.63) is 71.4 Å². The van der Waals surface area contributed by atoms with Gasteiger partial charge in [-0.1, -0.05) is 48.5 Å². The smallest absolute Gasteiger partial charge is 0.219 e. The van der Waals surface area contributed by atoms with E-state index in [1.54, 1.807) is 6.92 Å². The summed E-state index contributed by atoms with van der Waals surface area (Å²) in [6.45, 7) is 3.87. The van der Waals surface area contributed by atoms with Crippen LogP contribution in [0.3, 0.4) is 0 Å². The van der Waals surface area contributed by atoms with E-state index >= 15 is 0 Å². The zero-order chi connectivity index (χ0) is 21.5. The normalized spacial score (nSPS) is 24.3. The SMILES string of the molecule is CC(=O)N(C)C1(c2[nH]c3ccccc3c2C)CCC(c2ccccc2)(N(C)C)CC1. The van der Waals surface area contributed by atoms with E-state index in [1.807, 2.05) is 11.9 Å². The minimum atomic E-state index is -0.316. The van der Waals surface area contributed by atoms with Gasteiger partial charge in [-0.25, -0.2) is 0 Å². The van der Waals surface area contributed by atoms with Crippen molar-refractivity contribution in [2.24, 2.45) is 0 Å². The summed E-state index contributed by atoms with van der Waals surface area (Å²) in [5, 5.41) is 1.25. The Kier molecular flexibility index (Phi) is 5.23. The summed E-state index contributed by atoms with van der Waals surface area (Å²) < 4.78 is 0. The van der Waals surface area contributed by atoms with E-state index in [9.17, 15) is 4.79 Å². The summed E-state index contributed by atoms with van der Waals surface area (Å²) in [5.41, 5.74) is 4.64. The topological polar surface area (TPSA) is 39.3 Å². The summed E-state index contributed by atoms with van der Waals surface area (Å²) >= 11 is 0. The van der Waals surface area contributed by atoms with Crippen LogP contribution in [0.5, 0.6) is 0 Å². The van der Waals surface area contributed by atoms with Gasteiger partial charge in [0.15, 0.2) is 0 Å². The lowest BCUT2D eigenvalue weighted by molar-refractivity contribution is -0.137. The lowest BCUT2D eigenvalue weighted by atomic mass is 9.66. The second kappa shape index (κ2) is 7.59. The number of aromatic amines is 1. The Balaban J connectivity index is 1.81. The second-order valence-corrected chi connectivity index (χ2v) is 9.07. The van der Waals surface area contributed by atoms with Crippen LogP contribution in [0.1, 0.15) is 49.4 Å². The minimum absolute atomic E-state index is 0.0116. The van der Waals surface area contributed by atoms with Crippen molar-refractivity contribution >= 4 is 16.8 Å². The first-order chi connectivity index (χ1) is 14.3. The number of aromatic nitrogens is 1. The number of H-pyrrole nitrogens is 1. The lowest BCUT2D eigenvalue weighted by Crippen LogP contribution is -2.54. The molecular formula is C26H33N3O. The summed E-state index contributed by atoms with van der Waals surface area (Å²) in [6.07, 6.45) is 3.83. The Morgan fingerprint density at radius 3 is 2.00 bits per heavy atom. The quantitative estimate of drug-likeness (QED) is 0.652. The number of fused-ring (bicyclic) bond motifs is 1. The molecule has 2 aromatic carbocycles. The summed E-state index contributed by atoms with van der Waals surface area (Å²) in [7, 11) is 6.34. The molecule has 4 nitrogen and oxygen atoms in total. The van der Waals surface area contributed by atoms with Gasteiger partial charge >= 0.3 is 0 Å². The first-order valence-corrected chi connectivity index (χ1v) is 10.9. The lowest BCUT2D eigenvalue weighted by Gasteiger charge is -2.53. The van der Waals surface area contributed by atoms with Gasteiger partial charge in [-0.05, 0) is 63.9 Å². The highest BCUT2D eigenvalue weighted by atomic mass is 16.2. The molecular weight excluding hydrogens is 370 g/mol. The molecule has 1 N–H and O–H groups in total. The first-order valence-electron chi connectivity index (χ1n) is 10.9.